The van der Waals surface area contributed by atoms with Gasteiger partial charge in [-0.05, 0) is 30.8 Å². The number of ketones is 1. The number of hydrogen-bond donors (Lipinski definition) is 1. The highest BCUT2D eigenvalue weighted by atomic mass is 127. The second-order valence-electron chi connectivity index (χ2n) is 11.5. The third kappa shape index (κ3) is 29.2. The van der Waals surface area contributed by atoms with Crippen LogP contribution < -0.4 is 28.7 Å². The number of unbranched alkanes of at least 4 members (excludes halogenated alkanes) is 13. The Balaban J connectivity index is 0. The molecule has 0 aliphatic carbocycles. The molecule has 0 fully saturated rings. The van der Waals surface area contributed by atoms with Crippen molar-refractivity contribution in [2.75, 3.05) is 51.5 Å². The van der Waals surface area contributed by atoms with Crippen molar-refractivity contribution in [1.82, 2.24) is 4.72 Å². The van der Waals surface area contributed by atoms with Crippen LogP contribution in [0.15, 0.2) is 0 Å². The van der Waals surface area contributed by atoms with Crippen molar-refractivity contribution < 1.29 is 41.7 Å². The first-order valence-corrected chi connectivity index (χ1v) is 17.2. The van der Waals surface area contributed by atoms with Crippen LogP contribution in [0.2, 0.25) is 0 Å². The van der Waals surface area contributed by atoms with Gasteiger partial charge in [-0.1, -0.05) is 90.4 Å². The Kier molecular flexibility index (Phi) is 26.5. The quantitative estimate of drug-likeness (QED) is 0.0870. The van der Waals surface area contributed by atoms with Gasteiger partial charge in [0, 0.05) is 19.4 Å². The molecule has 0 bridgehead atoms. The van der Waals surface area contributed by atoms with E-state index in [1.807, 2.05) is 11.8 Å². The van der Waals surface area contributed by atoms with Crippen LogP contribution in [0.5, 0.6) is 0 Å². The average Bonchev–Trinajstić information content (AvgIpc) is 2.75. The van der Waals surface area contributed by atoms with E-state index in [9.17, 15) is 13.2 Å². The standard InChI is InChI=1S/C28H59N2O3S2.HI/c1-6-7-8-9-10-11-12-13-14-15-16-17-18-19-22-34-26-28(24-27(2)31)25-29-35(32,33)23-20-21-30(3,4)5;/h28-29H,6-26H2,1-5H3;1H/q+1;/p-1. The number of nitrogens with one attached hydrogen (secondary N) is 1. The van der Waals surface area contributed by atoms with Gasteiger partial charge in [0.05, 0.1) is 33.4 Å². The summed E-state index contributed by atoms with van der Waals surface area (Å²) < 4.78 is 28.2. The van der Waals surface area contributed by atoms with Gasteiger partial charge in [-0.3, -0.25) is 0 Å². The summed E-state index contributed by atoms with van der Waals surface area (Å²) in [5, 5.41) is 0. The van der Waals surface area contributed by atoms with Crippen molar-refractivity contribution in [3.63, 3.8) is 0 Å². The summed E-state index contributed by atoms with van der Waals surface area (Å²) in [4.78, 5) is 11.6. The van der Waals surface area contributed by atoms with Gasteiger partial charge in [0.1, 0.15) is 5.78 Å². The molecule has 0 saturated carbocycles. The molecule has 1 N–H and O–H groups in total. The smallest absolute Gasteiger partial charge is 0.211 e. The number of carbonyl (C=O) groups is 1. The number of Topliss-reactive ketones (excluding diaryl/α,β-unsaturated/α-hetero) is 1. The van der Waals surface area contributed by atoms with E-state index in [0.717, 1.165) is 22.5 Å². The molecule has 0 amide bonds. The fraction of sp³-hybridized carbons (Fsp3) is 0.964. The van der Waals surface area contributed by atoms with Crippen LogP contribution in [0.25, 0.3) is 0 Å². The van der Waals surface area contributed by atoms with Gasteiger partial charge in [0.25, 0.3) is 0 Å². The van der Waals surface area contributed by atoms with Crippen LogP contribution in [-0.2, 0) is 14.8 Å². The van der Waals surface area contributed by atoms with Gasteiger partial charge in [0.2, 0.25) is 10.0 Å². The summed E-state index contributed by atoms with van der Waals surface area (Å²) in [5.41, 5.74) is 0. The number of nitrogens with zero attached hydrogens (tertiary/aromatic N) is 1. The molecular formula is C28H59IN2O3S2. The Labute approximate surface area is 246 Å². The SMILES string of the molecule is CCCCCCCCCCCCCCCCSCC(CNS(=O)(=O)CCC[N+](C)(C)C)CC(C)=O.[I-]. The fourth-order valence-corrected chi connectivity index (χ4v) is 6.58. The third-order valence-electron chi connectivity index (χ3n) is 6.41. The largest absolute Gasteiger partial charge is 1.00 e. The molecule has 5 nitrogen and oxygen atoms in total. The van der Waals surface area contributed by atoms with Crippen molar-refractivity contribution >= 4 is 27.6 Å². The molecule has 0 aromatic heterocycles. The van der Waals surface area contributed by atoms with Gasteiger partial charge in [-0.2, -0.15) is 11.8 Å². The Morgan fingerprint density at radius 3 is 1.72 bits per heavy atom. The zero-order chi connectivity index (χ0) is 26.4. The topological polar surface area (TPSA) is 63.2 Å². The van der Waals surface area contributed by atoms with Gasteiger partial charge in [0.15, 0.2) is 0 Å². The van der Waals surface area contributed by atoms with Crippen molar-refractivity contribution in [1.29, 1.82) is 0 Å². The maximum atomic E-state index is 12.3. The van der Waals surface area contributed by atoms with Gasteiger partial charge in [-0.25, -0.2) is 13.1 Å². The number of carbonyl (C=O) groups excluding carboxylic acids is 1. The summed E-state index contributed by atoms with van der Waals surface area (Å²) >= 11 is 1.87. The monoisotopic (exact) mass is 662 g/mol. The summed E-state index contributed by atoms with van der Waals surface area (Å²) in [6, 6.07) is 0. The lowest BCUT2D eigenvalue weighted by molar-refractivity contribution is -0.870. The van der Waals surface area contributed by atoms with Crippen LogP contribution in [0.4, 0.5) is 0 Å². The van der Waals surface area contributed by atoms with E-state index in [1.54, 1.807) is 6.92 Å². The molecule has 0 rings (SSSR count). The lowest BCUT2D eigenvalue weighted by atomic mass is 10.0. The lowest BCUT2D eigenvalue weighted by Gasteiger charge is -2.23. The van der Waals surface area contributed by atoms with Crippen LogP contribution in [0.3, 0.4) is 0 Å². The molecule has 36 heavy (non-hydrogen) atoms. The van der Waals surface area contributed by atoms with Crippen LogP contribution in [0.1, 0.15) is 117 Å². The Morgan fingerprint density at radius 1 is 0.806 bits per heavy atom. The van der Waals surface area contributed by atoms with E-state index in [0.29, 0.717) is 19.4 Å². The zero-order valence-corrected chi connectivity index (χ0v) is 28.1. The number of halogens is 1. The summed E-state index contributed by atoms with van der Waals surface area (Å²) in [5.74, 6) is 2.32. The van der Waals surface area contributed by atoms with E-state index in [-0.39, 0.29) is 41.4 Å². The van der Waals surface area contributed by atoms with Crippen molar-refractivity contribution in [3.05, 3.63) is 0 Å². The van der Waals surface area contributed by atoms with E-state index in [1.165, 1.54) is 89.9 Å². The highest BCUT2D eigenvalue weighted by molar-refractivity contribution is 7.99. The number of hydrogen-bond acceptors (Lipinski definition) is 4. The van der Waals surface area contributed by atoms with Crippen molar-refractivity contribution in [2.45, 2.75) is 117 Å². The zero-order valence-electron chi connectivity index (χ0n) is 24.3. The Bertz CT molecular complexity index is 610. The summed E-state index contributed by atoms with van der Waals surface area (Å²) in [6.07, 6.45) is 20.3. The molecule has 0 spiro atoms. The van der Waals surface area contributed by atoms with E-state index >= 15 is 0 Å². The Hall–Kier alpha value is 0.620. The maximum absolute atomic E-state index is 12.3. The van der Waals surface area contributed by atoms with Gasteiger partial charge >= 0.3 is 0 Å². The second-order valence-corrected chi connectivity index (χ2v) is 14.6. The molecule has 8 heteroatoms. The fourth-order valence-electron chi connectivity index (χ4n) is 4.29. The second kappa shape index (κ2) is 24.6. The minimum absolute atomic E-state index is 0. The van der Waals surface area contributed by atoms with E-state index in [4.69, 9.17) is 0 Å². The molecule has 1 atom stereocenters. The number of quaternary nitrogens is 1. The predicted molar refractivity (Wildman–Crippen MR) is 156 cm³/mol. The first-order valence-electron chi connectivity index (χ1n) is 14.4. The van der Waals surface area contributed by atoms with Crippen molar-refractivity contribution in [3.8, 4) is 0 Å². The van der Waals surface area contributed by atoms with E-state index < -0.39 is 10.0 Å². The van der Waals surface area contributed by atoms with Crippen LogP contribution in [-0.4, -0.2) is 70.2 Å². The first-order chi connectivity index (χ1) is 16.6. The maximum Gasteiger partial charge on any atom is 0.211 e. The number of sulfonamides is 1. The van der Waals surface area contributed by atoms with Crippen LogP contribution in [0, 0.1) is 5.92 Å². The van der Waals surface area contributed by atoms with Gasteiger partial charge in [-0.15, -0.1) is 0 Å². The van der Waals surface area contributed by atoms with Gasteiger partial charge < -0.3 is 33.3 Å². The molecule has 0 aromatic carbocycles. The molecule has 0 aliphatic rings. The summed E-state index contributed by atoms with van der Waals surface area (Å²) in [6.45, 7) is 5.07. The molecule has 218 valence electrons. The van der Waals surface area contributed by atoms with Crippen molar-refractivity contribution in [2.24, 2.45) is 5.92 Å². The average molecular weight is 663 g/mol. The number of rotatable bonds is 26. The van der Waals surface area contributed by atoms with Crippen LogP contribution >= 0.6 is 11.8 Å². The minimum Gasteiger partial charge on any atom is -1.00 e. The summed E-state index contributed by atoms with van der Waals surface area (Å²) in [7, 11) is 2.93. The third-order valence-corrected chi connectivity index (χ3v) is 9.12. The highest BCUT2D eigenvalue weighted by Gasteiger charge is 2.18. The minimum atomic E-state index is -3.28. The molecule has 0 saturated heterocycles. The first kappa shape index (κ1) is 38.8. The predicted octanol–water partition coefficient (Wildman–Crippen LogP) is 3.82. The Morgan fingerprint density at radius 2 is 1.28 bits per heavy atom. The lowest BCUT2D eigenvalue weighted by Crippen LogP contribution is -3.00. The molecular weight excluding hydrogens is 603 g/mol. The van der Waals surface area contributed by atoms with E-state index in [2.05, 4.69) is 32.8 Å². The molecule has 0 heterocycles. The molecule has 0 aliphatic heterocycles. The number of thioether (sulfide) groups is 1. The molecule has 0 aromatic rings. The molecule has 1 unspecified atom stereocenters. The molecule has 0 radical (unpaired) electrons. The highest BCUT2D eigenvalue weighted by Crippen LogP contribution is 2.17. The normalized spacial score (nSPS) is 12.9.